The molecule has 0 aliphatic heterocycles. The molecule has 0 nitrogen and oxygen atoms in total. The van der Waals surface area contributed by atoms with Gasteiger partial charge in [-0.15, -0.1) is 0 Å². The molecule has 39 heavy (non-hydrogen) atoms. The van der Waals surface area contributed by atoms with Gasteiger partial charge in [-0.3, -0.25) is 0 Å². The van der Waals surface area contributed by atoms with Crippen molar-refractivity contribution in [3.8, 4) is 0 Å². The summed E-state index contributed by atoms with van der Waals surface area (Å²) in [5, 5.41) is 10.2. The molecular formula is C37H67SiTi. The van der Waals surface area contributed by atoms with Crippen LogP contribution in [-0.2, 0) is 14.6 Å². The quantitative estimate of drug-likeness (QED) is 0.105. The number of benzene rings is 1. The van der Waals surface area contributed by atoms with Gasteiger partial charge < -0.3 is 0 Å². The molecule has 2 unspecified atom stereocenters. The van der Waals surface area contributed by atoms with E-state index in [9.17, 15) is 0 Å². The van der Waals surface area contributed by atoms with Gasteiger partial charge in [-0.05, 0) is 0 Å². The van der Waals surface area contributed by atoms with Gasteiger partial charge in [0, 0.05) is 0 Å². The average molecular weight is 588 g/mol. The van der Waals surface area contributed by atoms with Crippen LogP contribution in [0.5, 0.6) is 0 Å². The molecule has 0 saturated heterocycles. The van der Waals surface area contributed by atoms with Crippen molar-refractivity contribution in [3.63, 3.8) is 0 Å². The number of rotatable bonds is 20. The molecule has 1 aromatic carbocycles. The van der Waals surface area contributed by atoms with E-state index in [1.165, 1.54) is 109 Å². The third-order valence-electron chi connectivity index (χ3n) is 11.5. The van der Waals surface area contributed by atoms with Crippen LogP contribution in [0.2, 0.25) is 28.3 Å². The van der Waals surface area contributed by atoms with E-state index in [1.807, 2.05) is 3.88 Å². The normalized spacial score (nSPS) is 18.9. The first-order valence-corrected chi connectivity index (χ1v) is 27.6. The van der Waals surface area contributed by atoms with Crippen LogP contribution in [0.1, 0.15) is 137 Å². The van der Waals surface area contributed by atoms with Gasteiger partial charge in [0.1, 0.15) is 0 Å². The number of hydrogen-bond acceptors (Lipinski definition) is 0. The van der Waals surface area contributed by atoms with E-state index < -0.39 is 20.5 Å². The maximum atomic E-state index is 2.81. The van der Waals surface area contributed by atoms with Crippen LogP contribution in [0.15, 0.2) is 50.9 Å². The van der Waals surface area contributed by atoms with Gasteiger partial charge in [0.15, 0.2) is 0 Å². The topological polar surface area (TPSA) is 0 Å². The number of hydrogen-bond donors (Lipinski definition) is 0. The molecule has 223 valence electrons. The first-order valence-electron chi connectivity index (χ1n) is 17.1. The molecule has 2 heteroatoms. The van der Waals surface area contributed by atoms with Crippen molar-refractivity contribution >= 4 is 11.1 Å². The Morgan fingerprint density at radius 3 is 1.41 bits per heavy atom. The van der Waals surface area contributed by atoms with Crippen LogP contribution in [0.3, 0.4) is 0 Å². The van der Waals surface area contributed by atoms with Crippen LogP contribution in [0.25, 0.3) is 0 Å². The summed E-state index contributed by atoms with van der Waals surface area (Å²) in [6.45, 7) is 14.8. The molecule has 0 bridgehead atoms. The van der Waals surface area contributed by atoms with Crippen LogP contribution in [0.4, 0.5) is 0 Å². The van der Waals surface area contributed by atoms with Crippen LogP contribution >= 0.6 is 0 Å². The molecule has 0 fully saturated rings. The summed E-state index contributed by atoms with van der Waals surface area (Å²) in [4.78, 5) is 0. The fourth-order valence-electron chi connectivity index (χ4n) is 7.99. The second-order valence-corrected chi connectivity index (χ2v) is 41.7. The van der Waals surface area contributed by atoms with E-state index in [4.69, 9.17) is 0 Å². The summed E-state index contributed by atoms with van der Waals surface area (Å²) in [5.41, 5.74) is 4.88. The van der Waals surface area contributed by atoms with Gasteiger partial charge in [0.05, 0.1) is 0 Å². The number of unbranched alkanes of at least 4 members (excludes halogenated alkanes) is 15. The van der Waals surface area contributed by atoms with Crippen molar-refractivity contribution in [1.82, 2.24) is 0 Å². The minimum absolute atomic E-state index is 0.642. The molecule has 2 atom stereocenters. The first kappa shape index (κ1) is 34.8. The Kier molecular flexibility index (Phi) is 14.6. The molecule has 2 rings (SSSR count). The molecule has 0 spiro atoms. The third kappa shape index (κ3) is 9.06. The van der Waals surface area contributed by atoms with Gasteiger partial charge in [0.25, 0.3) is 0 Å². The Labute approximate surface area is 247 Å². The Bertz CT molecular complexity index is 916. The third-order valence-corrected chi connectivity index (χ3v) is 44.2. The molecule has 0 heterocycles. The molecule has 0 amide bonds. The average Bonchev–Trinajstić information content (AvgIpc) is 3.11. The zero-order chi connectivity index (χ0) is 29.0. The summed E-state index contributed by atoms with van der Waals surface area (Å²) in [6.07, 6.45) is 23.2. The van der Waals surface area contributed by atoms with Crippen molar-refractivity contribution in [2.75, 3.05) is 0 Å². The molecule has 0 N–H and O–H groups in total. The zero-order valence-electron chi connectivity index (χ0n) is 28.0. The molecule has 1 aliphatic rings. The predicted molar refractivity (Wildman–Crippen MR) is 180 cm³/mol. The summed E-state index contributed by atoms with van der Waals surface area (Å²) >= 11 is -2.99. The second-order valence-electron chi connectivity index (χ2n) is 14.9. The Balaban J connectivity index is 1.82. The van der Waals surface area contributed by atoms with Gasteiger partial charge in [0.2, 0.25) is 0 Å². The van der Waals surface area contributed by atoms with Crippen LogP contribution in [0, 0.1) is 5.92 Å². The Morgan fingerprint density at radius 1 is 0.615 bits per heavy atom. The molecule has 1 aliphatic carbocycles. The second kappa shape index (κ2) is 16.3. The maximum absolute atomic E-state index is 2.99. The van der Waals surface area contributed by atoms with Gasteiger partial charge in [-0.1, -0.05) is 45.4 Å². The molecule has 1 aromatic rings. The van der Waals surface area contributed by atoms with E-state index in [0.717, 1.165) is 0 Å². The Morgan fingerprint density at radius 2 is 1.03 bits per heavy atom. The fourth-order valence-corrected chi connectivity index (χ4v) is 32.6. The summed E-state index contributed by atoms with van der Waals surface area (Å²) in [6, 6.07) is 13.3. The fraction of sp³-hybridized carbons (Fsp3) is 0.730. The summed E-state index contributed by atoms with van der Waals surface area (Å²) in [5.74, 6) is -1.04. The monoisotopic (exact) mass is 587 g/mol. The van der Waals surface area contributed by atoms with Crippen molar-refractivity contribution < 1.29 is 14.6 Å². The van der Waals surface area contributed by atoms with E-state index in [2.05, 4.69) is 87.2 Å². The van der Waals surface area contributed by atoms with E-state index in [-0.39, 0.29) is 0 Å². The predicted octanol–water partition coefficient (Wildman–Crippen LogP) is 12.8. The van der Waals surface area contributed by atoms with E-state index >= 15 is 0 Å². The first-order chi connectivity index (χ1) is 18.5. The van der Waals surface area contributed by atoms with Crippen molar-refractivity contribution in [2.24, 2.45) is 5.92 Å². The van der Waals surface area contributed by atoms with Crippen LogP contribution in [-0.4, -0.2) is 5.94 Å². The molecular weight excluding hydrogens is 520 g/mol. The minimum atomic E-state index is -2.99. The van der Waals surface area contributed by atoms with Crippen molar-refractivity contribution in [1.29, 1.82) is 0 Å². The van der Waals surface area contributed by atoms with Gasteiger partial charge in [-0.2, -0.15) is 0 Å². The standard InChI is InChI=1S/C25H45Si.C9H13.3CH3.Ti/c1-3-4-5-6-7-8-9-10-11-12-13-14-15-16-17-21-24-26(2)25-22-19-18-20-23-25;1-6-5-7(2)9(4)8(6)3;;;;/h18-20,22-23H,3-17,21,24H2,1-2H3;6H,1-4H3;3*1H3;. The van der Waals surface area contributed by atoms with Crippen LogP contribution < -0.4 is 5.19 Å². The number of allylic oxidation sites excluding steroid dienone is 4. The van der Waals surface area contributed by atoms with Gasteiger partial charge >= 0.3 is 203 Å². The SMILES string of the molecule is CCCCCCCCCCCCCCCCCC[Si](C)(c1ccccc1)[Ti]([CH3])([CH3])([CH3])[C]1=C(C)C(C)=C(C)C1C. The van der Waals surface area contributed by atoms with E-state index in [0.29, 0.717) is 5.92 Å². The summed E-state index contributed by atoms with van der Waals surface area (Å²) < 4.78 is 1.91. The zero-order valence-corrected chi connectivity index (χ0v) is 30.5. The van der Waals surface area contributed by atoms with Gasteiger partial charge in [-0.25, -0.2) is 0 Å². The summed E-state index contributed by atoms with van der Waals surface area (Å²) in [7, 11) is 0. The van der Waals surface area contributed by atoms with E-state index in [1.54, 1.807) is 21.9 Å². The molecule has 0 aromatic heterocycles. The van der Waals surface area contributed by atoms with Crippen molar-refractivity contribution in [3.05, 3.63) is 50.9 Å². The molecule has 0 saturated carbocycles. The molecule has 0 radical (unpaired) electrons. The Hall–Kier alpha value is -0.369. The van der Waals surface area contributed by atoms with Crippen molar-refractivity contribution in [2.45, 2.75) is 166 Å².